The van der Waals surface area contributed by atoms with E-state index in [-0.39, 0.29) is 18.3 Å². The Balaban J connectivity index is 2.94. The molecule has 7 nitrogen and oxygen atoms in total. The summed E-state index contributed by atoms with van der Waals surface area (Å²) in [4.78, 5) is 3.81. The third-order valence-electron chi connectivity index (χ3n) is 1.98. The van der Waals surface area contributed by atoms with Crippen molar-refractivity contribution in [2.24, 2.45) is 5.73 Å². The number of rotatable bonds is 4. The van der Waals surface area contributed by atoms with Gasteiger partial charge in [0.25, 0.3) is 0 Å². The fourth-order valence-corrected chi connectivity index (χ4v) is 1.29. The maximum absolute atomic E-state index is 11.2. The molecule has 3 N–H and O–H groups in total. The third kappa shape index (κ3) is 2.74. The van der Waals surface area contributed by atoms with Crippen molar-refractivity contribution in [3.05, 3.63) is 11.7 Å². The average molecular weight is 235 g/mol. The normalized spacial score (nSPS) is 16.3. The highest BCUT2D eigenvalue weighted by Gasteiger charge is 2.24. The molecule has 0 aromatic carbocycles. The molecule has 0 aliphatic carbocycles. The van der Waals surface area contributed by atoms with Crippen LogP contribution in [0.4, 0.5) is 0 Å². The van der Waals surface area contributed by atoms with Crippen LogP contribution in [-0.4, -0.2) is 36.5 Å². The zero-order chi connectivity index (χ0) is 11.6. The van der Waals surface area contributed by atoms with E-state index in [1.54, 1.807) is 0 Å². The van der Waals surface area contributed by atoms with E-state index in [0.717, 1.165) is 6.26 Å². The van der Waals surface area contributed by atoms with E-state index in [2.05, 4.69) is 10.1 Å². The lowest BCUT2D eigenvalue weighted by Crippen LogP contribution is -2.16. The Morgan fingerprint density at radius 3 is 2.67 bits per heavy atom. The summed E-state index contributed by atoms with van der Waals surface area (Å²) in [6, 6.07) is -0.755. The Morgan fingerprint density at radius 1 is 1.60 bits per heavy atom. The second kappa shape index (κ2) is 4.25. The molecule has 1 aromatic heterocycles. The van der Waals surface area contributed by atoms with Crippen LogP contribution in [0.15, 0.2) is 4.52 Å². The standard InChI is InChI=1S/C7H13N3O4S/c1-4(15(2,12)13)7-9-6(10-14-7)5(8)3-11/h4-5,11H,3,8H2,1-2H3. The van der Waals surface area contributed by atoms with Crippen LogP contribution in [0.2, 0.25) is 0 Å². The van der Waals surface area contributed by atoms with E-state index in [9.17, 15) is 8.42 Å². The van der Waals surface area contributed by atoms with Gasteiger partial charge in [-0.25, -0.2) is 8.42 Å². The summed E-state index contributed by atoms with van der Waals surface area (Å²) < 4.78 is 27.1. The van der Waals surface area contributed by atoms with Gasteiger partial charge >= 0.3 is 0 Å². The molecule has 0 radical (unpaired) electrons. The van der Waals surface area contributed by atoms with Gasteiger partial charge in [0.15, 0.2) is 15.7 Å². The second-order valence-corrected chi connectivity index (χ2v) is 5.62. The SMILES string of the molecule is CC(c1nc(C(N)CO)no1)S(C)(=O)=O. The van der Waals surface area contributed by atoms with Crippen LogP contribution in [0.3, 0.4) is 0 Å². The quantitative estimate of drug-likeness (QED) is 0.698. The lowest BCUT2D eigenvalue weighted by atomic mass is 10.3. The summed E-state index contributed by atoms with van der Waals surface area (Å²) >= 11 is 0. The fraction of sp³-hybridized carbons (Fsp3) is 0.714. The van der Waals surface area contributed by atoms with Crippen molar-refractivity contribution in [2.45, 2.75) is 18.2 Å². The van der Waals surface area contributed by atoms with E-state index >= 15 is 0 Å². The number of aliphatic hydroxyl groups is 1. The van der Waals surface area contributed by atoms with Crippen molar-refractivity contribution in [3.63, 3.8) is 0 Å². The Morgan fingerprint density at radius 2 is 2.20 bits per heavy atom. The van der Waals surface area contributed by atoms with Crippen molar-refractivity contribution < 1.29 is 18.0 Å². The van der Waals surface area contributed by atoms with Gasteiger partial charge in [-0.1, -0.05) is 5.16 Å². The van der Waals surface area contributed by atoms with Crippen LogP contribution in [0.5, 0.6) is 0 Å². The highest BCUT2D eigenvalue weighted by molar-refractivity contribution is 7.90. The molecule has 1 aromatic rings. The molecule has 0 saturated carbocycles. The Labute approximate surface area is 87.2 Å². The zero-order valence-electron chi connectivity index (χ0n) is 8.41. The van der Waals surface area contributed by atoms with Crippen molar-refractivity contribution in [3.8, 4) is 0 Å². The van der Waals surface area contributed by atoms with E-state index in [1.165, 1.54) is 6.92 Å². The first-order valence-corrected chi connectivity index (χ1v) is 6.20. The van der Waals surface area contributed by atoms with E-state index < -0.39 is 21.1 Å². The molecular formula is C7H13N3O4S. The number of hydrogen-bond acceptors (Lipinski definition) is 7. The minimum Gasteiger partial charge on any atom is -0.394 e. The maximum atomic E-state index is 11.2. The van der Waals surface area contributed by atoms with Crippen LogP contribution in [0.25, 0.3) is 0 Å². The first-order chi connectivity index (χ1) is 6.86. The molecule has 0 saturated heterocycles. The van der Waals surface area contributed by atoms with Crippen molar-refractivity contribution in [2.75, 3.05) is 12.9 Å². The first kappa shape index (κ1) is 12.1. The van der Waals surface area contributed by atoms with Gasteiger partial charge in [-0.05, 0) is 6.92 Å². The van der Waals surface area contributed by atoms with Crippen LogP contribution >= 0.6 is 0 Å². The van der Waals surface area contributed by atoms with Gasteiger partial charge in [-0.15, -0.1) is 0 Å². The highest BCUT2D eigenvalue weighted by atomic mass is 32.2. The Kier molecular flexibility index (Phi) is 3.42. The smallest absolute Gasteiger partial charge is 0.244 e. The number of aliphatic hydroxyl groups excluding tert-OH is 1. The summed E-state index contributed by atoms with van der Waals surface area (Å²) in [5.74, 6) is 0.0828. The molecule has 8 heteroatoms. The molecule has 0 aliphatic rings. The monoisotopic (exact) mass is 235 g/mol. The van der Waals surface area contributed by atoms with Gasteiger partial charge in [0.2, 0.25) is 5.89 Å². The summed E-state index contributed by atoms with van der Waals surface area (Å²) in [6.07, 6.45) is 1.08. The Bertz CT molecular complexity index is 427. The van der Waals surface area contributed by atoms with Crippen molar-refractivity contribution >= 4 is 9.84 Å². The van der Waals surface area contributed by atoms with Crippen LogP contribution in [0.1, 0.15) is 29.9 Å². The number of nitrogens with two attached hydrogens (primary N) is 1. The van der Waals surface area contributed by atoms with Gasteiger partial charge in [0.1, 0.15) is 5.25 Å². The van der Waals surface area contributed by atoms with Crippen molar-refractivity contribution in [1.29, 1.82) is 0 Å². The summed E-state index contributed by atoms with van der Waals surface area (Å²) in [5, 5.41) is 11.3. The minimum atomic E-state index is -3.27. The van der Waals surface area contributed by atoms with E-state index in [1.807, 2.05) is 0 Å². The van der Waals surface area contributed by atoms with E-state index in [0.29, 0.717) is 0 Å². The van der Waals surface area contributed by atoms with Crippen molar-refractivity contribution in [1.82, 2.24) is 10.1 Å². The Hall–Kier alpha value is -0.990. The topological polar surface area (TPSA) is 119 Å². The first-order valence-electron chi connectivity index (χ1n) is 4.25. The molecule has 2 atom stereocenters. The van der Waals surface area contributed by atoms with Gasteiger partial charge < -0.3 is 15.4 Å². The number of aromatic nitrogens is 2. The predicted octanol–water partition coefficient (Wildman–Crippen LogP) is -0.833. The number of nitrogens with zero attached hydrogens (tertiary/aromatic N) is 2. The molecule has 0 amide bonds. The van der Waals surface area contributed by atoms with Gasteiger partial charge in [0.05, 0.1) is 12.6 Å². The summed E-state index contributed by atoms with van der Waals surface area (Å²) in [6.45, 7) is 1.11. The predicted molar refractivity (Wildman–Crippen MR) is 51.6 cm³/mol. The van der Waals surface area contributed by atoms with E-state index in [4.69, 9.17) is 15.4 Å². The lowest BCUT2D eigenvalue weighted by Gasteiger charge is -2.02. The maximum Gasteiger partial charge on any atom is 0.244 e. The molecule has 2 unspecified atom stereocenters. The molecule has 0 bridgehead atoms. The molecule has 0 aliphatic heterocycles. The van der Waals surface area contributed by atoms with Gasteiger partial charge in [-0.3, -0.25) is 0 Å². The van der Waals surface area contributed by atoms with Gasteiger partial charge in [0, 0.05) is 6.26 Å². The summed E-state index contributed by atoms with van der Waals surface area (Å²) in [7, 11) is -3.27. The largest absolute Gasteiger partial charge is 0.394 e. The van der Waals surface area contributed by atoms with Gasteiger partial charge in [-0.2, -0.15) is 4.98 Å². The molecule has 0 spiro atoms. The number of sulfone groups is 1. The molecule has 86 valence electrons. The van der Waals surface area contributed by atoms with Crippen LogP contribution in [0, 0.1) is 0 Å². The van der Waals surface area contributed by atoms with Crippen LogP contribution < -0.4 is 5.73 Å². The third-order valence-corrected chi connectivity index (χ3v) is 3.46. The average Bonchev–Trinajstić information content (AvgIpc) is 2.62. The second-order valence-electron chi connectivity index (χ2n) is 3.25. The lowest BCUT2D eigenvalue weighted by molar-refractivity contribution is 0.259. The minimum absolute atomic E-state index is 0.0172. The zero-order valence-corrected chi connectivity index (χ0v) is 9.23. The molecular weight excluding hydrogens is 222 g/mol. The molecule has 1 rings (SSSR count). The number of hydrogen-bond donors (Lipinski definition) is 2. The molecule has 1 heterocycles. The molecule has 15 heavy (non-hydrogen) atoms. The fourth-order valence-electron chi connectivity index (χ4n) is 0.828. The molecule has 0 fully saturated rings. The van der Waals surface area contributed by atoms with Crippen LogP contribution in [-0.2, 0) is 9.84 Å². The highest BCUT2D eigenvalue weighted by Crippen LogP contribution is 2.19. The summed E-state index contributed by atoms with van der Waals surface area (Å²) in [5.41, 5.74) is 5.43.